The molecule has 0 amide bonds. The van der Waals surface area contributed by atoms with Crippen LogP contribution in [-0.2, 0) is 22.8 Å². The van der Waals surface area contributed by atoms with Crippen LogP contribution in [0.4, 0.5) is 0 Å². The Morgan fingerprint density at radius 1 is 1.50 bits per heavy atom. The molecular formula is C10H16N2O3S. The van der Waals surface area contributed by atoms with E-state index in [4.69, 9.17) is 10.2 Å². The van der Waals surface area contributed by atoms with E-state index in [1.807, 2.05) is 0 Å². The summed E-state index contributed by atoms with van der Waals surface area (Å²) in [6, 6.07) is 0. The predicted octanol–water partition coefficient (Wildman–Crippen LogP) is 0.643. The molecule has 6 heteroatoms. The van der Waals surface area contributed by atoms with Crippen molar-refractivity contribution in [2.24, 2.45) is 5.73 Å². The Balaban J connectivity index is 2.08. The zero-order chi connectivity index (χ0) is 11.6. The summed E-state index contributed by atoms with van der Waals surface area (Å²) in [6.45, 7) is 0.320. The van der Waals surface area contributed by atoms with Gasteiger partial charge in [-0.15, -0.1) is 0 Å². The van der Waals surface area contributed by atoms with E-state index in [0.29, 0.717) is 36.7 Å². The van der Waals surface area contributed by atoms with E-state index in [0.717, 1.165) is 12.8 Å². The molecule has 1 aliphatic rings. The Labute approximate surface area is 95.0 Å². The first kappa shape index (κ1) is 11.6. The lowest BCUT2D eigenvalue weighted by Crippen LogP contribution is -2.30. The minimum absolute atomic E-state index is 0.294. The van der Waals surface area contributed by atoms with Crippen LogP contribution in [0.2, 0.25) is 0 Å². The van der Waals surface area contributed by atoms with Crippen molar-refractivity contribution in [3.63, 3.8) is 0 Å². The summed E-state index contributed by atoms with van der Waals surface area (Å²) in [5, 5.41) is -0.328. The molecule has 1 fully saturated rings. The average molecular weight is 244 g/mol. The molecule has 90 valence electrons. The Hall–Kier alpha value is -0.880. The van der Waals surface area contributed by atoms with E-state index >= 15 is 0 Å². The van der Waals surface area contributed by atoms with Crippen LogP contribution >= 0.6 is 0 Å². The van der Waals surface area contributed by atoms with Crippen molar-refractivity contribution in [2.75, 3.05) is 5.75 Å². The highest BCUT2D eigenvalue weighted by Crippen LogP contribution is 2.22. The van der Waals surface area contributed by atoms with Gasteiger partial charge in [-0.3, -0.25) is 0 Å². The Bertz CT molecular complexity index is 452. The monoisotopic (exact) mass is 244 g/mol. The third kappa shape index (κ3) is 2.44. The fraction of sp³-hybridized carbons (Fsp3) is 0.700. The SMILES string of the molecule is NCc1coc(CC2CCCCS2(=O)=O)n1. The summed E-state index contributed by atoms with van der Waals surface area (Å²) in [5.41, 5.74) is 6.08. The maximum Gasteiger partial charge on any atom is 0.195 e. The van der Waals surface area contributed by atoms with E-state index in [1.165, 1.54) is 6.26 Å². The summed E-state index contributed by atoms with van der Waals surface area (Å²) in [6.07, 6.45) is 4.32. The maximum absolute atomic E-state index is 11.8. The first-order valence-electron chi connectivity index (χ1n) is 5.47. The number of rotatable bonds is 3. The second-order valence-electron chi connectivity index (χ2n) is 4.13. The number of hydrogen-bond donors (Lipinski definition) is 1. The van der Waals surface area contributed by atoms with Crippen LogP contribution in [0, 0.1) is 0 Å². The van der Waals surface area contributed by atoms with Gasteiger partial charge >= 0.3 is 0 Å². The van der Waals surface area contributed by atoms with Gasteiger partial charge in [0.2, 0.25) is 0 Å². The molecular weight excluding hydrogens is 228 g/mol. The van der Waals surface area contributed by atoms with E-state index in [1.54, 1.807) is 0 Å². The molecule has 5 nitrogen and oxygen atoms in total. The number of nitrogens with two attached hydrogens (primary N) is 1. The molecule has 16 heavy (non-hydrogen) atoms. The molecule has 1 atom stereocenters. The molecule has 0 radical (unpaired) electrons. The van der Waals surface area contributed by atoms with Crippen LogP contribution in [0.15, 0.2) is 10.7 Å². The molecule has 1 unspecified atom stereocenters. The normalized spacial score (nSPS) is 24.4. The smallest absolute Gasteiger partial charge is 0.195 e. The topological polar surface area (TPSA) is 86.2 Å². The fourth-order valence-electron chi connectivity index (χ4n) is 1.98. The van der Waals surface area contributed by atoms with Gasteiger partial charge in [-0.2, -0.15) is 0 Å². The molecule has 2 N–H and O–H groups in total. The van der Waals surface area contributed by atoms with Crippen LogP contribution in [0.3, 0.4) is 0 Å². The molecule has 1 aromatic rings. The average Bonchev–Trinajstić information content (AvgIpc) is 2.69. The highest BCUT2D eigenvalue weighted by Gasteiger charge is 2.30. The van der Waals surface area contributed by atoms with Crippen molar-refractivity contribution in [3.8, 4) is 0 Å². The minimum Gasteiger partial charge on any atom is -0.449 e. The molecule has 0 spiro atoms. The van der Waals surface area contributed by atoms with Gasteiger partial charge in [0.05, 0.1) is 16.7 Å². The summed E-state index contributed by atoms with van der Waals surface area (Å²) < 4.78 is 28.7. The zero-order valence-electron chi connectivity index (χ0n) is 9.05. The lowest BCUT2D eigenvalue weighted by Gasteiger charge is -2.20. The van der Waals surface area contributed by atoms with Gasteiger partial charge in [0.1, 0.15) is 6.26 Å². The molecule has 0 bridgehead atoms. The van der Waals surface area contributed by atoms with Crippen LogP contribution in [-0.4, -0.2) is 24.4 Å². The Morgan fingerprint density at radius 2 is 2.31 bits per heavy atom. The molecule has 1 aliphatic heterocycles. The molecule has 2 rings (SSSR count). The van der Waals surface area contributed by atoms with E-state index < -0.39 is 9.84 Å². The van der Waals surface area contributed by atoms with Crippen molar-refractivity contribution in [3.05, 3.63) is 17.8 Å². The first-order chi connectivity index (χ1) is 7.62. The first-order valence-corrected chi connectivity index (χ1v) is 7.18. The molecule has 0 aromatic carbocycles. The standard InChI is InChI=1S/C10H16N2O3S/c11-6-8-7-15-10(12-8)5-9-3-1-2-4-16(9,13)14/h7,9H,1-6,11H2. The Kier molecular flexibility index (Phi) is 3.30. The van der Waals surface area contributed by atoms with Crippen LogP contribution in [0.25, 0.3) is 0 Å². The van der Waals surface area contributed by atoms with Crippen molar-refractivity contribution < 1.29 is 12.8 Å². The van der Waals surface area contributed by atoms with Gasteiger partial charge < -0.3 is 10.2 Å². The molecule has 1 saturated heterocycles. The summed E-state index contributed by atoms with van der Waals surface area (Å²) in [4.78, 5) is 4.13. The van der Waals surface area contributed by atoms with Crippen LogP contribution < -0.4 is 5.73 Å². The number of aromatic nitrogens is 1. The number of hydrogen-bond acceptors (Lipinski definition) is 5. The molecule has 2 heterocycles. The summed E-state index contributed by atoms with van der Waals surface area (Å²) in [7, 11) is -2.95. The second kappa shape index (κ2) is 4.55. The number of nitrogens with zero attached hydrogens (tertiary/aromatic N) is 1. The van der Waals surface area contributed by atoms with Crippen molar-refractivity contribution >= 4 is 9.84 Å². The number of sulfone groups is 1. The lowest BCUT2D eigenvalue weighted by atomic mass is 10.1. The lowest BCUT2D eigenvalue weighted by molar-refractivity contribution is 0.466. The summed E-state index contributed by atoms with van der Waals surface area (Å²) in [5.74, 6) is 0.776. The van der Waals surface area contributed by atoms with E-state index in [9.17, 15) is 8.42 Å². The van der Waals surface area contributed by atoms with Crippen molar-refractivity contribution in [2.45, 2.75) is 37.5 Å². The van der Waals surface area contributed by atoms with Gasteiger partial charge in [0, 0.05) is 13.0 Å². The van der Waals surface area contributed by atoms with Crippen LogP contribution in [0.5, 0.6) is 0 Å². The van der Waals surface area contributed by atoms with Gasteiger partial charge in [0.15, 0.2) is 15.7 Å². The van der Waals surface area contributed by atoms with E-state index in [-0.39, 0.29) is 5.25 Å². The quantitative estimate of drug-likeness (QED) is 0.843. The van der Waals surface area contributed by atoms with Crippen molar-refractivity contribution in [1.29, 1.82) is 0 Å². The van der Waals surface area contributed by atoms with Gasteiger partial charge in [-0.05, 0) is 12.8 Å². The van der Waals surface area contributed by atoms with Crippen LogP contribution in [0.1, 0.15) is 30.8 Å². The van der Waals surface area contributed by atoms with E-state index in [2.05, 4.69) is 4.98 Å². The third-order valence-electron chi connectivity index (χ3n) is 2.92. The molecule has 0 saturated carbocycles. The summed E-state index contributed by atoms with van der Waals surface area (Å²) >= 11 is 0. The van der Waals surface area contributed by atoms with Crippen molar-refractivity contribution in [1.82, 2.24) is 4.98 Å². The highest BCUT2D eigenvalue weighted by atomic mass is 32.2. The number of oxazole rings is 1. The third-order valence-corrected chi connectivity index (χ3v) is 5.20. The molecule has 1 aromatic heterocycles. The Morgan fingerprint density at radius 3 is 2.94 bits per heavy atom. The minimum atomic E-state index is -2.95. The van der Waals surface area contributed by atoms with Gasteiger partial charge in [-0.25, -0.2) is 13.4 Å². The predicted molar refractivity (Wildman–Crippen MR) is 59.5 cm³/mol. The van der Waals surface area contributed by atoms with Gasteiger partial charge in [-0.1, -0.05) is 6.42 Å². The zero-order valence-corrected chi connectivity index (χ0v) is 9.87. The largest absolute Gasteiger partial charge is 0.449 e. The fourth-order valence-corrected chi connectivity index (χ4v) is 3.84. The van der Waals surface area contributed by atoms with Gasteiger partial charge in [0.25, 0.3) is 0 Å². The second-order valence-corrected chi connectivity index (χ2v) is 6.53. The maximum atomic E-state index is 11.8. The highest BCUT2D eigenvalue weighted by molar-refractivity contribution is 7.92. The molecule has 0 aliphatic carbocycles.